The first-order valence-electron chi connectivity index (χ1n) is 6.82. The maximum absolute atomic E-state index is 12.4. The molecule has 2 rings (SSSR count). The molecule has 108 valence electrons. The molecule has 1 aliphatic carbocycles. The molecule has 19 heavy (non-hydrogen) atoms. The number of hydrogen-bond acceptors (Lipinski definition) is 4. The van der Waals surface area contributed by atoms with E-state index in [1.807, 2.05) is 19.2 Å². The molecule has 0 aliphatic heterocycles. The van der Waals surface area contributed by atoms with E-state index in [0.717, 1.165) is 29.3 Å². The Kier molecular flexibility index (Phi) is 5.00. The van der Waals surface area contributed by atoms with Crippen LogP contribution < -0.4 is 10.0 Å². The van der Waals surface area contributed by atoms with Crippen molar-refractivity contribution in [1.29, 1.82) is 0 Å². The van der Waals surface area contributed by atoms with Crippen molar-refractivity contribution in [2.75, 3.05) is 13.1 Å². The van der Waals surface area contributed by atoms with Gasteiger partial charge in [-0.05, 0) is 36.8 Å². The minimum Gasteiger partial charge on any atom is -0.312 e. The Bertz CT molecular complexity index is 519. The SMILES string of the molecule is CCNCc1scc(C)c1S(=O)(=O)NCCC1CC1. The average molecular weight is 302 g/mol. The third kappa shape index (κ3) is 4.02. The van der Waals surface area contributed by atoms with Gasteiger partial charge in [-0.2, -0.15) is 0 Å². The average Bonchev–Trinajstić information content (AvgIpc) is 3.08. The molecule has 6 heteroatoms. The summed E-state index contributed by atoms with van der Waals surface area (Å²) in [5.74, 6) is 0.743. The molecular weight excluding hydrogens is 280 g/mol. The summed E-state index contributed by atoms with van der Waals surface area (Å²) in [6.45, 7) is 5.90. The molecule has 0 radical (unpaired) electrons. The summed E-state index contributed by atoms with van der Waals surface area (Å²) in [6.07, 6.45) is 3.47. The molecule has 1 aliphatic rings. The molecule has 1 heterocycles. The number of sulfonamides is 1. The zero-order chi connectivity index (χ0) is 13.9. The van der Waals surface area contributed by atoms with Crippen LogP contribution in [-0.4, -0.2) is 21.5 Å². The molecule has 1 aromatic heterocycles. The standard InChI is InChI=1S/C13H22N2O2S2/c1-3-14-8-12-13(10(2)9-18-12)19(16,17)15-7-6-11-4-5-11/h9,11,14-15H,3-8H2,1-2H3. The lowest BCUT2D eigenvalue weighted by Gasteiger charge is -2.09. The quantitative estimate of drug-likeness (QED) is 0.774. The lowest BCUT2D eigenvalue weighted by Crippen LogP contribution is -2.26. The van der Waals surface area contributed by atoms with Crippen LogP contribution >= 0.6 is 11.3 Å². The van der Waals surface area contributed by atoms with Gasteiger partial charge < -0.3 is 5.32 Å². The number of thiophene rings is 1. The van der Waals surface area contributed by atoms with Gasteiger partial charge in [0.05, 0.1) is 0 Å². The van der Waals surface area contributed by atoms with E-state index in [4.69, 9.17) is 0 Å². The van der Waals surface area contributed by atoms with Crippen molar-refractivity contribution in [2.45, 2.75) is 44.6 Å². The van der Waals surface area contributed by atoms with Crippen LogP contribution in [0, 0.1) is 12.8 Å². The first-order chi connectivity index (χ1) is 9.04. The van der Waals surface area contributed by atoms with E-state index >= 15 is 0 Å². The highest BCUT2D eigenvalue weighted by molar-refractivity contribution is 7.89. The third-order valence-corrected chi connectivity index (χ3v) is 6.26. The first-order valence-corrected chi connectivity index (χ1v) is 9.18. The topological polar surface area (TPSA) is 58.2 Å². The Morgan fingerprint density at radius 1 is 1.42 bits per heavy atom. The van der Waals surface area contributed by atoms with Crippen LogP contribution in [0.5, 0.6) is 0 Å². The van der Waals surface area contributed by atoms with Gasteiger partial charge in [0, 0.05) is 18.0 Å². The minimum absolute atomic E-state index is 0.481. The third-order valence-electron chi connectivity index (χ3n) is 3.34. The fraction of sp³-hybridized carbons (Fsp3) is 0.692. The van der Waals surface area contributed by atoms with E-state index in [-0.39, 0.29) is 0 Å². The van der Waals surface area contributed by atoms with E-state index in [1.54, 1.807) is 0 Å². The predicted octanol–water partition coefficient (Wildman–Crippen LogP) is 2.24. The van der Waals surface area contributed by atoms with Gasteiger partial charge in [-0.1, -0.05) is 19.8 Å². The molecule has 2 N–H and O–H groups in total. The maximum Gasteiger partial charge on any atom is 0.241 e. The molecule has 0 amide bonds. The van der Waals surface area contributed by atoms with Crippen LogP contribution in [0.25, 0.3) is 0 Å². The summed E-state index contributed by atoms with van der Waals surface area (Å²) < 4.78 is 27.5. The highest BCUT2D eigenvalue weighted by atomic mass is 32.2. The second kappa shape index (κ2) is 6.35. The lowest BCUT2D eigenvalue weighted by atomic mass is 10.3. The van der Waals surface area contributed by atoms with E-state index in [0.29, 0.717) is 18.0 Å². The molecule has 0 atom stereocenters. The van der Waals surface area contributed by atoms with Crippen LogP contribution in [0.2, 0.25) is 0 Å². The smallest absolute Gasteiger partial charge is 0.241 e. The van der Waals surface area contributed by atoms with Crippen molar-refractivity contribution < 1.29 is 8.42 Å². The van der Waals surface area contributed by atoms with Gasteiger partial charge in [0.1, 0.15) is 4.90 Å². The zero-order valence-corrected chi connectivity index (χ0v) is 13.2. The normalized spacial score (nSPS) is 15.9. The van der Waals surface area contributed by atoms with E-state index in [1.165, 1.54) is 24.2 Å². The Balaban J connectivity index is 2.06. The van der Waals surface area contributed by atoms with Crippen molar-refractivity contribution in [1.82, 2.24) is 10.0 Å². The lowest BCUT2D eigenvalue weighted by molar-refractivity contribution is 0.573. The van der Waals surface area contributed by atoms with Crippen molar-refractivity contribution in [2.24, 2.45) is 5.92 Å². The Hall–Kier alpha value is -0.430. The highest BCUT2D eigenvalue weighted by Crippen LogP contribution is 2.32. The second-order valence-corrected chi connectivity index (χ2v) is 7.75. The fourth-order valence-electron chi connectivity index (χ4n) is 2.08. The second-order valence-electron chi connectivity index (χ2n) is 5.08. The van der Waals surface area contributed by atoms with Gasteiger partial charge in [0.25, 0.3) is 0 Å². The van der Waals surface area contributed by atoms with Crippen molar-refractivity contribution in [3.8, 4) is 0 Å². The number of rotatable bonds is 8. The monoisotopic (exact) mass is 302 g/mol. The van der Waals surface area contributed by atoms with Crippen LogP contribution in [0.15, 0.2) is 10.3 Å². The summed E-state index contributed by atoms with van der Waals surface area (Å²) in [5, 5.41) is 5.11. The summed E-state index contributed by atoms with van der Waals surface area (Å²) >= 11 is 1.51. The van der Waals surface area contributed by atoms with E-state index in [2.05, 4.69) is 10.0 Å². The van der Waals surface area contributed by atoms with Crippen LogP contribution in [-0.2, 0) is 16.6 Å². The van der Waals surface area contributed by atoms with Gasteiger partial charge in [-0.15, -0.1) is 11.3 Å². The summed E-state index contributed by atoms with van der Waals surface area (Å²) in [7, 11) is -3.36. The molecule has 1 fully saturated rings. The number of hydrogen-bond donors (Lipinski definition) is 2. The van der Waals surface area contributed by atoms with Crippen molar-refractivity contribution in [3.63, 3.8) is 0 Å². The molecule has 0 spiro atoms. The summed E-state index contributed by atoms with van der Waals surface area (Å²) in [6, 6.07) is 0. The van der Waals surface area contributed by atoms with Gasteiger partial charge in [-0.3, -0.25) is 0 Å². The molecule has 1 saturated carbocycles. The fourth-order valence-corrected chi connectivity index (χ4v) is 4.91. The van der Waals surface area contributed by atoms with Crippen LogP contribution in [0.4, 0.5) is 0 Å². The van der Waals surface area contributed by atoms with Gasteiger partial charge >= 0.3 is 0 Å². The molecule has 0 aromatic carbocycles. The molecule has 1 aromatic rings. The molecule has 0 bridgehead atoms. The summed E-state index contributed by atoms with van der Waals surface area (Å²) in [5.41, 5.74) is 0.844. The highest BCUT2D eigenvalue weighted by Gasteiger charge is 2.25. The van der Waals surface area contributed by atoms with E-state index < -0.39 is 10.0 Å². The minimum atomic E-state index is -3.36. The predicted molar refractivity (Wildman–Crippen MR) is 79.0 cm³/mol. The Morgan fingerprint density at radius 3 is 2.79 bits per heavy atom. The zero-order valence-electron chi connectivity index (χ0n) is 11.5. The van der Waals surface area contributed by atoms with Gasteiger partial charge in [0.15, 0.2) is 0 Å². The van der Waals surface area contributed by atoms with Crippen LogP contribution in [0.3, 0.4) is 0 Å². The van der Waals surface area contributed by atoms with Crippen molar-refractivity contribution in [3.05, 3.63) is 15.8 Å². The van der Waals surface area contributed by atoms with Crippen LogP contribution in [0.1, 0.15) is 36.6 Å². The van der Waals surface area contributed by atoms with Gasteiger partial charge in [-0.25, -0.2) is 13.1 Å². The number of aryl methyl sites for hydroxylation is 1. The molecule has 0 saturated heterocycles. The maximum atomic E-state index is 12.4. The molecular formula is C13H22N2O2S2. The Morgan fingerprint density at radius 2 is 2.16 bits per heavy atom. The Labute approximate surface area is 119 Å². The molecule has 4 nitrogen and oxygen atoms in total. The first kappa shape index (κ1) is 15.0. The molecule has 0 unspecified atom stereocenters. The van der Waals surface area contributed by atoms with Gasteiger partial charge in [0.2, 0.25) is 10.0 Å². The van der Waals surface area contributed by atoms with Crippen molar-refractivity contribution >= 4 is 21.4 Å². The van der Waals surface area contributed by atoms with E-state index in [9.17, 15) is 8.42 Å². The number of nitrogens with one attached hydrogen (secondary N) is 2. The largest absolute Gasteiger partial charge is 0.312 e. The summed E-state index contributed by atoms with van der Waals surface area (Å²) in [4.78, 5) is 1.38.